The van der Waals surface area contributed by atoms with Gasteiger partial charge in [0.15, 0.2) is 0 Å². The van der Waals surface area contributed by atoms with Crippen LogP contribution in [0.3, 0.4) is 0 Å². The molecule has 2 rings (SSSR count). The summed E-state index contributed by atoms with van der Waals surface area (Å²) in [5.74, 6) is 0. The van der Waals surface area contributed by atoms with E-state index >= 15 is 0 Å². The fourth-order valence-electron chi connectivity index (χ4n) is 2.97. The molecule has 1 saturated carbocycles. The molecule has 0 aliphatic heterocycles. The van der Waals surface area contributed by atoms with Crippen LogP contribution in [0.15, 0.2) is 30.3 Å². The van der Waals surface area contributed by atoms with Crippen LogP contribution in [0.2, 0.25) is 0 Å². The van der Waals surface area contributed by atoms with Crippen LogP contribution < -0.4 is 5.73 Å². The average Bonchev–Trinajstić information content (AvgIpc) is 2.34. The van der Waals surface area contributed by atoms with Crippen LogP contribution in [-0.2, 0) is 0 Å². The third-order valence-corrected chi connectivity index (χ3v) is 4.11. The molecular weight excluding hydrogens is 236 g/mol. The Morgan fingerprint density at radius 3 is 2.47 bits per heavy atom. The summed E-state index contributed by atoms with van der Waals surface area (Å²) in [5, 5.41) is 9.12. The van der Waals surface area contributed by atoms with Crippen molar-refractivity contribution in [1.29, 1.82) is 0 Å². The number of rotatable bonds is 7. The minimum atomic E-state index is 0.0988. The number of nitrogens with zero attached hydrogens (tertiary/aromatic N) is 1. The molecule has 0 bridgehead atoms. The number of nitrogens with two attached hydrogens (primary N) is 1. The monoisotopic (exact) mass is 262 g/mol. The van der Waals surface area contributed by atoms with E-state index in [-0.39, 0.29) is 18.7 Å². The van der Waals surface area contributed by atoms with Crippen LogP contribution >= 0.6 is 0 Å². The zero-order chi connectivity index (χ0) is 13.7. The van der Waals surface area contributed by atoms with Crippen LogP contribution in [0.1, 0.15) is 44.2 Å². The maximum atomic E-state index is 9.12. The summed E-state index contributed by atoms with van der Waals surface area (Å²) >= 11 is 0. The Bertz CT molecular complexity index is 362. The van der Waals surface area contributed by atoms with E-state index in [4.69, 9.17) is 10.8 Å². The molecule has 19 heavy (non-hydrogen) atoms. The molecule has 2 atom stereocenters. The number of hydrogen-bond acceptors (Lipinski definition) is 3. The van der Waals surface area contributed by atoms with E-state index in [1.807, 2.05) is 6.07 Å². The third kappa shape index (κ3) is 3.56. The highest BCUT2D eigenvalue weighted by atomic mass is 16.3. The lowest BCUT2D eigenvalue weighted by Gasteiger charge is -2.44. The maximum absolute atomic E-state index is 9.12. The first-order valence-corrected chi connectivity index (χ1v) is 7.41. The summed E-state index contributed by atoms with van der Waals surface area (Å²) in [7, 11) is 0. The topological polar surface area (TPSA) is 49.5 Å². The lowest BCUT2D eigenvalue weighted by atomic mass is 9.87. The molecule has 1 aliphatic carbocycles. The number of hydrogen-bond donors (Lipinski definition) is 2. The van der Waals surface area contributed by atoms with Crippen molar-refractivity contribution in [2.45, 2.75) is 50.7 Å². The van der Waals surface area contributed by atoms with Gasteiger partial charge in [-0.25, -0.2) is 0 Å². The summed E-state index contributed by atoms with van der Waals surface area (Å²) in [4.78, 5) is 2.51. The van der Waals surface area contributed by atoms with Crippen LogP contribution in [0.25, 0.3) is 0 Å². The van der Waals surface area contributed by atoms with Gasteiger partial charge in [-0.05, 0) is 31.7 Å². The van der Waals surface area contributed by atoms with Gasteiger partial charge in [0.05, 0.1) is 0 Å². The molecular formula is C16H26N2O. The average molecular weight is 262 g/mol. The molecule has 0 radical (unpaired) electrons. The van der Waals surface area contributed by atoms with Gasteiger partial charge in [0.25, 0.3) is 0 Å². The molecule has 1 aliphatic rings. The van der Waals surface area contributed by atoms with E-state index in [9.17, 15) is 0 Å². The molecule has 3 N–H and O–H groups in total. The smallest absolute Gasteiger partial charge is 0.0499 e. The van der Waals surface area contributed by atoms with E-state index < -0.39 is 0 Å². The van der Waals surface area contributed by atoms with Gasteiger partial charge in [0.1, 0.15) is 0 Å². The minimum Gasteiger partial charge on any atom is -0.396 e. The highest BCUT2D eigenvalue weighted by molar-refractivity contribution is 5.21. The Morgan fingerprint density at radius 2 is 2.00 bits per heavy atom. The lowest BCUT2D eigenvalue weighted by Crippen LogP contribution is -2.48. The summed E-state index contributed by atoms with van der Waals surface area (Å²) in [5.41, 5.74) is 7.55. The SMILES string of the molecule is CC(N)C(c1ccccc1)N(CCCO)C1CCC1. The fraction of sp³-hybridized carbons (Fsp3) is 0.625. The first-order chi connectivity index (χ1) is 9.24. The molecule has 0 aromatic heterocycles. The second-order valence-electron chi connectivity index (χ2n) is 5.61. The molecule has 0 amide bonds. The third-order valence-electron chi connectivity index (χ3n) is 4.11. The molecule has 0 spiro atoms. The van der Waals surface area contributed by atoms with E-state index in [0.29, 0.717) is 6.04 Å². The van der Waals surface area contributed by atoms with Crippen LogP contribution in [-0.4, -0.2) is 35.2 Å². The van der Waals surface area contributed by atoms with Crippen molar-refractivity contribution >= 4 is 0 Å². The van der Waals surface area contributed by atoms with Gasteiger partial charge in [-0.2, -0.15) is 0 Å². The van der Waals surface area contributed by atoms with Crippen molar-refractivity contribution in [2.75, 3.05) is 13.2 Å². The summed E-state index contributed by atoms with van der Waals surface area (Å²) in [6.07, 6.45) is 4.68. The van der Waals surface area contributed by atoms with Crippen LogP contribution in [0.4, 0.5) is 0 Å². The van der Waals surface area contributed by atoms with Crippen molar-refractivity contribution < 1.29 is 5.11 Å². The molecule has 3 nitrogen and oxygen atoms in total. The van der Waals surface area contributed by atoms with Crippen molar-refractivity contribution in [3.63, 3.8) is 0 Å². The largest absolute Gasteiger partial charge is 0.396 e. The quantitative estimate of drug-likeness (QED) is 0.793. The second kappa shape index (κ2) is 7.04. The lowest BCUT2D eigenvalue weighted by molar-refractivity contribution is 0.0613. The van der Waals surface area contributed by atoms with Crippen molar-refractivity contribution in [1.82, 2.24) is 4.90 Å². The van der Waals surface area contributed by atoms with E-state index in [1.165, 1.54) is 24.8 Å². The van der Waals surface area contributed by atoms with Crippen molar-refractivity contribution in [3.8, 4) is 0 Å². The Kier molecular flexibility index (Phi) is 5.37. The molecule has 0 saturated heterocycles. The Balaban J connectivity index is 2.18. The van der Waals surface area contributed by atoms with Crippen molar-refractivity contribution in [2.24, 2.45) is 5.73 Å². The zero-order valence-corrected chi connectivity index (χ0v) is 11.8. The molecule has 1 fully saturated rings. The number of aliphatic hydroxyl groups excluding tert-OH is 1. The molecule has 106 valence electrons. The van der Waals surface area contributed by atoms with E-state index in [2.05, 4.69) is 36.1 Å². The van der Waals surface area contributed by atoms with Crippen molar-refractivity contribution in [3.05, 3.63) is 35.9 Å². The fourth-order valence-corrected chi connectivity index (χ4v) is 2.97. The van der Waals surface area contributed by atoms with Gasteiger partial charge in [-0.1, -0.05) is 36.8 Å². The second-order valence-corrected chi connectivity index (χ2v) is 5.61. The van der Waals surface area contributed by atoms with Gasteiger partial charge < -0.3 is 10.8 Å². The normalized spacial score (nSPS) is 19.2. The number of aliphatic hydroxyl groups is 1. The van der Waals surface area contributed by atoms with Crippen LogP contribution in [0, 0.1) is 0 Å². The summed E-state index contributed by atoms with van der Waals surface area (Å²) in [6, 6.07) is 11.5. The van der Waals surface area contributed by atoms with Gasteiger partial charge in [0.2, 0.25) is 0 Å². The predicted molar refractivity (Wildman–Crippen MR) is 78.9 cm³/mol. The summed E-state index contributed by atoms with van der Waals surface area (Å²) < 4.78 is 0. The van der Waals surface area contributed by atoms with E-state index in [1.54, 1.807) is 0 Å². The Labute approximate surface area is 116 Å². The molecule has 3 heteroatoms. The van der Waals surface area contributed by atoms with Gasteiger partial charge in [-0.15, -0.1) is 0 Å². The van der Waals surface area contributed by atoms with E-state index in [0.717, 1.165) is 13.0 Å². The summed E-state index contributed by atoms with van der Waals surface area (Å²) in [6.45, 7) is 3.27. The van der Waals surface area contributed by atoms with Gasteiger partial charge in [0, 0.05) is 31.3 Å². The molecule has 1 aromatic carbocycles. The molecule has 2 unspecified atom stereocenters. The zero-order valence-electron chi connectivity index (χ0n) is 11.8. The highest BCUT2D eigenvalue weighted by Crippen LogP contribution is 2.33. The first-order valence-electron chi connectivity index (χ1n) is 7.41. The molecule has 0 heterocycles. The molecule has 1 aromatic rings. The number of benzene rings is 1. The minimum absolute atomic E-state index is 0.0988. The van der Waals surface area contributed by atoms with Gasteiger partial charge in [-0.3, -0.25) is 4.90 Å². The standard InChI is InChI=1S/C16H26N2O/c1-13(17)16(14-7-3-2-4-8-14)18(11-6-12-19)15-9-5-10-15/h2-4,7-8,13,15-16,19H,5-6,9-12,17H2,1H3. The van der Waals surface area contributed by atoms with Gasteiger partial charge >= 0.3 is 0 Å². The maximum Gasteiger partial charge on any atom is 0.0499 e. The Hall–Kier alpha value is -0.900. The predicted octanol–water partition coefficient (Wildman–Crippen LogP) is 2.31. The first kappa shape index (κ1) is 14.5. The van der Waals surface area contributed by atoms with Crippen LogP contribution in [0.5, 0.6) is 0 Å². The Morgan fingerprint density at radius 1 is 1.32 bits per heavy atom. The highest BCUT2D eigenvalue weighted by Gasteiger charge is 2.32.